The number of nitrogens with one attached hydrogen (secondary N) is 1. The zero-order valence-electron chi connectivity index (χ0n) is 17.6. The average molecular weight is 509 g/mol. The lowest BCUT2D eigenvalue weighted by molar-refractivity contribution is 0.370. The maximum Gasteiger partial charge on any atom is 0.225 e. The zero-order chi connectivity index (χ0) is 19.8. The molecule has 8 heteroatoms. The van der Waals surface area contributed by atoms with E-state index in [9.17, 15) is 0 Å². The minimum Gasteiger partial charge on any atom is -0.370 e. The van der Waals surface area contributed by atoms with Gasteiger partial charge in [-0.1, -0.05) is 18.2 Å². The topological polar surface area (TPSA) is 59.9 Å². The van der Waals surface area contributed by atoms with Gasteiger partial charge in [0.05, 0.1) is 0 Å². The van der Waals surface area contributed by atoms with Crippen LogP contribution in [0.2, 0.25) is 0 Å². The van der Waals surface area contributed by atoms with Crippen molar-refractivity contribution in [3.05, 3.63) is 48.3 Å². The number of aromatic nitrogens is 2. The fourth-order valence-corrected chi connectivity index (χ4v) is 3.57. The van der Waals surface area contributed by atoms with E-state index in [1.807, 2.05) is 13.1 Å². The molecule has 158 valence electrons. The zero-order valence-corrected chi connectivity index (χ0v) is 19.9. The molecule has 2 aromatic rings. The van der Waals surface area contributed by atoms with E-state index in [4.69, 9.17) is 0 Å². The number of likely N-dealkylation sites (N-methyl/N-ethyl adjacent to an activating group) is 1. The summed E-state index contributed by atoms with van der Waals surface area (Å²) in [6.07, 6.45) is 3.59. The first-order chi connectivity index (χ1) is 13.7. The number of piperazine rings is 1. The Hall–Kier alpha value is -2.10. The van der Waals surface area contributed by atoms with E-state index < -0.39 is 0 Å². The number of halogens is 1. The molecule has 0 unspecified atom stereocenters. The molecule has 1 N–H and O–H groups in total. The molecule has 2 heterocycles. The molecule has 1 aliphatic rings. The second-order valence-corrected chi connectivity index (χ2v) is 6.86. The molecule has 0 radical (unpaired) electrons. The lowest BCUT2D eigenvalue weighted by atomic mass is 10.2. The van der Waals surface area contributed by atoms with E-state index in [1.54, 1.807) is 12.4 Å². The van der Waals surface area contributed by atoms with Crippen molar-refractivity contribution in [1.82, 2.24) is 20.2 Å². The van der Waals surface area contributed by atoms with Gasteiger partial charge in [-0.3, -0.25) is 4.99 Å². The summed E-state index contributed by atoms with van der Waals surface area (Å²) < 4.78 is 0. The van der Waals surface area contributed by atoms with E-state index in [0.29, 0.717) is 0 Å². The Balaban J connectivity index is 0.00000300. The molecule has 0 aliphatic carbocycles. The summed E-state index contributed by atoms with van der Waals surface area (Å²) in [6.45, 7) is 10.8. The fraction of sp³-hybridized carbons (Fsp3) is 0.476. The normalized spacial score (nSPS) is 14.4. The Bertz CT molecular complexity index is 761. The third-order valence-electron chi connectivity index (χ3n) is 5.13. The fourth-order valence-electron chi connectivity index (χ4n) is 3.57. The van der Waals surface area contributed by atoms with E-state index in [-0.39, 0.29) is 24.0 Å². The van der Waals surface area contributed by atoms with Crippen LogP contribution in [0.3, 0.4) is 0 Å². The van der Waals surface area contributed by atoms with Crippen molar-refractivity contribution in [3.63, 3.8) is 0 Å². The minimum atomic E-state index is 0. The predicted molar refractivity (Wildman–Crippen MR) is 132 cm³/mol. The standard InChI is InChI=1S/C21H31N7.HI/c1-4-26(19-9-6-5-8-18(19)2)13-12-25-20(22-3)27-14-16-28(17-15-27)21-23-10-7-11-24-21;/h5-11H,4,12-17H2,1-3H3,(H,22,25);1H. The highest BCUT2D eigenvalue weighted by atomic mass is 127. The molecule has 0 atom stereocenters. The molecular formula is C21H32IN7. The van der Waals surface area contributed by atoms with E-state index in [1.165, 1.54) is 11.3 Å². The number of benzene rings is 1. The maximum absolute atomic E-state index is 4.49. The molecule has 29 heavy (non-hydrogen) atoms. The van der Waals surface area contributed by atoms with Crippen molar-refractivity contribution in [2.45, 2.75) is 13.8 Å². The Kier molecular flexibility index (Phi) is 9.43. The van der Waals surface area contributed by atoms with Crippen LogP contribution in [0.1, 0.15) is 12.5 Å². The molecule has 0 saturated carbocycles. The first-order valence-electron chi connectivity index (χ1n) is 10.0. The van der Waals surface area contributed by atoms with Gasteiger partial charge in [-0.15, -0.1) is 24.0 Å². The molecule has 0 amide bonds. The first-order valence-corrected chi connectivity index (χ1v) is 10.0. The molecule has 1 fully saturated rings. The summed E-state index contributed by atoms with van der Waals surface area (Å²) in [5, 5.41) is 3.53. The van der Waals surface area contributed by atoms with Gasteiger partial charge in [0, 0.05) is 70.9 Å². The number of guanidine groups is 1. The van der Waals surface area contributed by atoms with Crippen LogP contribution in [0.15, 0.2) is 47.7 Å². The van der Waals surface area contributed by atoms with Crippen molar-refractivity contribution in [2.75, 3.05) is 62.7 Å². The number of aryl methyl sites for hydroxylation is 1. The van der Waals surface area contributed by atoms with Gasteiger partial charge in [0.1, 0.15) is 0 Å². The average Bonchev–Trinajstić information content (AvgIpc) is 2.76. The highest BCUT2D eigenvalue weighted by molar-refractivity contribution is 14.0. The highest BCUT2D eigenvalue weighted by Crippen LogP contribution is 2.18. The van der Waals surface area contributed by atoms with Crippen LogP contribution in [-0.4, -0.2) is 73.7 Å². The quantitative estimate of drug-likeness (QED) is 0.367. The van der Waals surface area contributed by atoms with Gasteiger partial charge >= 0.3 is 0 Å². The lowest BCUT2D eigenvalue weighted by Gasteiger charge is -2.36. The molecule has 7 nitrogen and oxygen atoms in total. The van der Waals surface area contributed by atoms with Crippen LogP contribution in [0, 0.1) is 6.92 Å². The largest absolute Gasteiger partial charge is 0.370 e. The Morgan fingerprint density at radius 1 is 1.10 bits per heavy atom. The SMILES string of the molecule is CCN(CCNC(=NC)N1CCN(c2ncccn2)CC1)c1ccccc1C.I. The Morgan fingerprint density at radius 2 is 1.79 bits per heavy atom. The third-order valence-corrected chi connectivity index (χ3v) is 5.13. The van der Waals surface area contributed by atoms with Gasteiger partial charge in [0.15, 0.2) is 5.96 Å². The van der Waals surface area contributed by atoms with Crippen LogP contribution in [0.25, 0.3) is 0 Å². The monoisotopic (exact) mass is 509 g/mol. The molecule has 1 aromatic heterocycles. The number of rotatable bonds is 6. The summed E-state index contributed by atoms with van der Waals surface area (Å²) in [5.74, 6) is 1.77. The first kappa shape index (κ1) is 23.2. The van der Waals surface area contributed by atoms with E-state index in [0.717, 1.165) is 57.7 Å². The van der Waals surface area contributed by atoms with Crippen molar-refractivity contribution >= 4 is 41.6 Å². The molecule has 3 rings (SSSR count). The van der Waals surface area contributed by atoms with Crippen LogP contribution in [0.5, 0.6) is 0 Å². The molecular weight excluding hydrogens is 477 g/mol. The molecule has 1 aliphatic heterocycles. The van der Waals surface area contributed by atoms with Gasteiger partial charge in [0.2, 0.25) is 5.95 Å². The van der Waals surface area contributed by atoms with Gasteiger partial charge in [-0.2, -0.15) is 0 Å². The van der Waals surface area contributed by atoms with Crippen LogP contribution in [0.4, 0.5) is 11.6 Å². The smallest absolute Gasteiger partial charge is 0.225 e. The number of para-hydroxylation sites is 1. The van der Waals surface area contributed by atoms with Crippen molar-refractivity contribution in [1.29, 1.82) is 0 Å². The Morgan fingerprint density at radius 3 is 2.41 bits per heavy atom. The van der Waals surface area contributed by atoms with Crippen LogP contribution >= 0.6 is 24.0 Å². The summed E-state index contributed by atoms with van der Waals surface area (Å²) >= 11 is 0. The lowest BCUT2D eigenvalue weighted by Crippen LogP contribution is -2.53. The van der Waals surface area contributed by atoms with Crippen LogP contribution in [-0.2, 0) is 0 Å². The second-order valence-electron chi connectivity index (χ2n) is 6.86. The number of hydrogen-bond donors (Lipinski definition) is 1. The van der Waals surface area contributed by atoms with E-state index >= 15 is 0 Å². The van der Waals surface area contributed by atoms with Gasteiger partial charge in [-0.25, -0.2) is 9.97 Å². The molecule has 1 saturated heterocycles. The van der Waals surface area contributed by atoms with Gasteiger partial charge in [-0.05, 0) is 31.5 Å². The summed E-state index contributed by atoms with van der Waals surface area (Å²) in [5.41, 5.74) is 2.62. The number of aliphatic imine (C=N–C) groups is 1. The van der Waals surface area contributed by atoms with Gasteiger partial charge < -0.3 is 20.0 Å². The van der Waals surface area contributed by atoms with Crippen LogP contribution < -0.4 is 15.1 Å². The summed E-state index contributed by atoms with van der Waals surface area (Å²) in [6, 6.07) is 10.4. The number of hydrogen-bond acceptors (Lipinski definition) is 5. The van der Waals surface area contributed by atoms with Crippen molar-refractivity contribution in [3.8, 4) is 0 Å². The third kappa shape index (κ3) is 6.19. The Labute approximate surface area is 191 Å². The maximum atomic E-state index is 4.49. The molecule has 0 spiro atoms. The number of nitrogens with zero attached hydrogens (tertiary/aromatic N) is 6. The van der Waals surface area contributed by atoms with Gasteiger partial charge in [0.25, 0.3) is 0 Å². The summed E-state index contributed by atoms with van der Waals surface area (Å²) in [7, 11) is 1.86. The minimum absolute atomic E-state index is 0. The van der Waals surface area contributed by atoms with Crippen molar-refractivity contribution in [2.24, 2.45) is 4.99 Å². The highest BCUT2D eigenvalue weighted by Gasteiger charge is 2.21. The van der Waals surface area contributed by atoms with Crippen molar-refractivity contribution < 1.29 is 0 Å². The number of anilines is 2. The second kappa shape index (κ2) is 11.8. The van der Waals surface area contributed by atoms with E-state index in [2.05, 4.69) is 73.1 Å². The summed E-state index contributed by atoms with van der Waals surface area (Å²) in [4.78, 5) is 20.1. The predicted octanol–water partition coefficient (Wildman–Crippen LogP) is 2.63. The molecule has 1 aromatic carbocycles. The molecule has 0 bridgehead atoms.